The Kier molecular flexibility index (Phi) is 8.36. The first-order valence-electron chi connectivity index (χ1n) is 12.6. The number of nitrogens with one attached hydrogen (secondary N) is 1. The van der Waals surface area contributed by atoms with Crippen molar-refractivity contribution in [1.82, 2.24) is 9.80 Å². The van der Waals surface area contributed by atoms with Crippen molar-refractivity contribution >= 4 is 17.5 Å². The van der Waals surface area contributed by atoms with Gasteiger partial charge in [-0.25, -0.2) is 0 Å². The van der Waals surface area contributed by atoms with Gasteiger partial charge >= 0.3 is 0 Å². The van der Waals surface area contributed by atoms with Crippen molar-refractivity contribution in [2.45, 2.75) is 38.6 Å². The second-order valence-electron chi connectivity index (χ2n) is 9.69. The first-order chi connectivity index (χ1) is 17.4. The van der Waals surface area contributed by atoms with Crippen LogP contribution in [0.25, 0.3) is 0 Å². The lowest BCUT2D eigenvalue weighted by Gasteiger charge is -2.38. The highest BCUT2D eigenvalue weighted by Gasteiger charge is 2.33. The summed E-state index contributed by atoms with van der Waals surface area (Å²) in [4.78, 5) is 30.2. The molecule has 0 saturated carbocycles. The molecule has 1 fully saturated rings. The number of likely N-dealkylation sites (tertiary alicyclic amines) is 1. The minimum absolute atomic E-state index is 0.0283. The number of anilines is 1. The lowest BCUT2D eigenvalue weighted by Crippen LogP contribution is -2.47. The molecule has 194 valence electrons. The molecule has 36 heavy (non-hydrogen) atoms. The number of nitrogens with zero attached hydrogens (tertiary/aromatic N) is 2. The number of methoxy groups -OCH3 is 3. The molecular formula is C28H37N3O5. The molecule has 4 rings (SSSR count). The third-order valence-electron chi connectivity index (χ3n) is 7.23. The Morgan fingerprint density at radius 3 is 2.42 bits per heavy atom. The van der Waals surface area contributed by atoms with Crippen molar-refractivity contribution in [2.75, 3.05) is 52.8 Å². The van der Waals surface area contributed by atoms with Gasteiger partial charge in [-0.05, 0) is 72.8 Å². The Hall–Kier alpha value is -3.26. The van der Waals surface area contributed by atoms with E-state index in [1.807, 2.05) is 41.3 Å². The highest BCUT2D eigenvalue weighted by atomic mass is 16.5. The summed E-state index contributed by atoms with van der Waals surface area (Å²) in [6, 6.07) is 11.3. The van der Waals surface area contributed by atoms with Gasteiger partial charge in [0, 0.05) is 38.3 Å². The van der Waals surface area contributed by atoms with Crippen LogP contribution >= 0.6 is 0 Å². The van der Waals surface area contributed by atoms with Gasteiger partial charge in [0.2, 0.25) is 11.8 Å². The first-order valence-corrected chi connectivity index (χ1v) is 12.6. The van der Waals surface area contributed by atoms with Gasteiger partial charge < -0.3 is 29.3 Å². The van der Waals surface area contributed by atoms with E-state index >= 15 is 0 Å². The lowest BCUT2D eigenvalue weighted by atomic mass is 9.88. The summed E-state index contributed by atoms with van der Waals surface area (Å²) in [6.07, 6.45) is 2.24. The molecule has 0 aromatic heterocycles. The Morgan fingerprint density at radius 2 is 1.72 bits per heavy atom. The SMILES string of the molecule is COc1ccc(NC(=O)CCN2CCCC(C(=O)N3Cc4cc(OC)c(OC)cc4C(C)C3)C2)cc1. The fourth-order valence-corrected chi connectivity index (χ4v) is 5.28. The third kappa shape index (κ3) is 5.93. The molecule has 2 aromatic carbocycles. The van der Waals surface area contributed by atoms with E-state index in [4.69, 9.17) is 14.2 Å². The molecular weight excluding hydrogens is 458 g/mol. The average molecular weight is 496 g/mol. The first kappa shape index (κ1) is 25.8. The molecule has 2 aliphatic rings. The number of hydrogen-bond donors (Lipinski definition) is 1. The van der Waals surface area contributed by atoms with Crippen LogP contribution in [0, 0.1) is 5.92 Å². The highest BCUT2D eigenvalue weighted by Crippen LogP contribution is 2.38. The molecule has 1 saturated heterocycles. The molecule has 2 aliphatic heterocycles. The average Bonchev–Trinajstić information content (AvgIpc) is 2.91. The number of hydrogen-bond acceptors (Lipinski definition) is 6. The fraction of sp³-hybridized carbons (Fsp3) is 0.500. The maximum Gasteiger partial charge on any atom is 0.227 e. The fourth-order valence-electron chi connectivity index (χ4n) is 5.28. The minimum atomic E-state index is -0.0442. The van der Waals surface area contributed by atoms with Crippen molar-refractivity contribution < 1.29 is 23.8 Å². The van der Waals surface area contributed by atoms with Gasteiger partial charge in [0.15, 0.2) is 11.5 Å². The van der Waals surface area contributed by atoms with Gasteiger partial charge in [-0.2, -0.15) is 0 Å². The number of benzene rings is 2. The van der Waals surface area contributed by atoms with Gasteiger partial charge in [-0.1, -0.05) is 6.92 Å². The second-order valence-corrected chi connectivity index (χ2v) is 9.69. The van der Waals surface area contributed by atoms with Crippen LogP contribution in [0.2, 0.25) is 0 Å². The second kappa shape index (κ2) is 11.6. The van der Waals surface area contributed by atoms with E-state index in [1.54, 1.807) is 21.3 Å². The predicted octanol–water partition coefficient (Wildman–Crippen LogP) is 3.90. The zero-order valence-electron chi connectivity index (χ0n) is 21.7. The molecule has 2 unspecified atom stereocenters. The van der Waals surface area contributed by atoms with E-state index in [0.717, 1.165) is 42.1 Å². The smallest absolute Gasteiger partial charge is 0.227 e. The van der Waals surface area contributed by atoms with E-state index in [2.05, 4.69) is 17.1 Å². The Balaban J connectivity index is 1.32. The molecule has 8 nitrogen and oxygen atoms in total. The topological polar surface area (TPSA) is 80.3 Å². The third-order valence-corrected chi connectivity index (χ3v) is 7.23. The van der Waals surface area contributed by atoms with Crippen LogP contribution in [-0.4, -0.2) is 69.1 Å². The number of amides is 2. The highest BCUT2D eigenvalue weighted by molar-refractivity contribution is 5.90. The largest absolute Gasteiger partial charge is 0.497 e. The van der Waals surface area contributed by atoms with Crippen LogP contribution in [-0.2, 0) is 16.1 Å². The van der Waals surface area contributed by atoms with Crippen LogP contribution in [0.15, 0.2) is 36.4 Å². The molecule has 0 spiro atoms. The van der Waals surface area contributed by atoms with Crippen molar-refractivity contribution in [2.24, 2.45) is 5.92 Å². The number of piperidine rings is 1. The van der Waals surface area contributed by atoms with Crippen LogP contribution in [0.5, 0.6) is 17.2 Å². The Morgan fingerprint density at radius 1 is 1.00 bits per heavy atom. The van der Waals surface area contributed by atoms with Crippen molar-refractivity contribution in [3.8, 4) is 17.2 Å². The monoisotopic (exact) mass is 495 g/mol. The number of fused-ring (bicyclic) bond motifs is 1. The lowest BCUT2D eigenvalue weighted by molar-refractivity contribution is -0.138. The Labute approximate surface area is 213 Å². The zero-order chi connectivity index (χ0) is 25.7. The maximum absolute atomic E-state index is 13.5. The van der Waals surface area contributed by atoms with Crippen molar-refractivity contribution in [3.05, 3.63) is 47.5 Å². The van der Waals surface area contributed by atoms with Crippen LogP contribution in [0.1, 0.15) is 43.2 Å². The van der Waals surface area contributed by atoms with E-state index in [0.29, 0.717) is 38.3 Å². The number of ether oxygens (including phenoxy) is 3. The van der Waals surface area contributed by atoms with Crippen LogP contribution < -0.4 is 19.5 Å². The van der Waals surface area contributed by atoms with E-state index in [1.165, 1.54) is 5.56 Å². The van der Waals surface area contributed by atoms with E-state index in [-0.39, 0.29) is 23.7 Å². The van der Waals surface area contributed by atoms with Crippen LogP contribution in [0.4, 0.5) is 5.69 Å². The summed E-state index contributed by atoms with van der Waals surface area (Å²) in [5.41, 5.74) is 3.08. The predicted molar refractivity (Wildman–Crippen MR) is 139 cm³/mol. The summed E-state index contributed by atoms with van der Waals surface area (Å²) in [7, 11) is 4.89. The molecule has 0 bridgehead atoms. The molecule has 2 aromatic rings. The molecule has 8 heteroatoms. The molecule has 0 radical (unpaired) electrons. The van der Waals surface area contributed by atoms with Gasteiger partial charge in [-0.15, -0.1) is 0 Å². The standard InChI is InChI=1S/C28H37N3O5/c1-19-16-31(18-21-14-25(35-3)26(36-4)15-24(19)21)28(33)20-6-5-12-30(17-20)13-11-27(32)29-22-7-9-23(34-2)10-8-22/h7-10,14-15,19-20H,5-6,11-13,16-18H2,1-4H3,(H,29,32). The summed E-state index contributed by atoms with van der Waals surface area (Å²) in [5, 5.41) is 2.93. The number of carbonyl (C=O) groups excluding carboxylic acids is 2. The quantitative estimate of drug-likeness (QED) is 0.598. The molecule has 0 aliphatic carbocycles. The summed E-state index contributed by atoms with van der Waals surface area (Å²) in [6.45, 7) is 5.68. The van der Waals surface area contributed by atoms with E-state index < -0.39 is 0 Å². The van der Waals surface area contributed by atoms with Crippen molar-refractivity contribution in [3.63, 3.8) is 0 Å². The summed E-state index contributed by atoms with van der Waals surface area (Å²) >= 11 is 0. The molecule has 2 amide bonds. The normalized spacial score (nSPS) is 19.8. The molecule has 2 atom stereocenters. The summed E-state index contributed by atoms with van der Waals surface area (Å²) in [5.74, 6) is 2.52. The number of carbonyl (C=O) groups is 2. The summed E-state index contributed by atoms with van der Waals surface area (Å²) < 4.78 is 16.1. The maximum atomic E-state index is 13.5. The minimum Gasteiger partial charge on any atom is -0.497 e. The van der Waals surface area contributed by atoms with Crippen LogP contribution in [0.3, 0.4) is 0 Å². The molecule has 1 N–H and O–H groups in total. The number of rotatable bonds is 8. The van der Waals surface area contributed by atoms with E-state index in [9.17, 15) is 9.59 Å². The van der Waals surface area contributed by atoms with Gasteiger partial charge in [0.05, 0.1) is 27.2 Å². The zero-order valence-corrected chi connectivity index (χ0v) is 21.7. The van der Waals surface area contributed by atoms with Gasteiger partial charge in [0.25, 0.3) is 0 Å². The van der Waals surface area contributed by atoms with Gasteiger partial charge in [-0.3, -0.25) is 9.59 Å². The van der Waals surface area contributed by atoms with Crippen molar-refractivity contribution in [1.29, 1.82) is 0 Å². The van der Waals surface area contributed by atoms with Gasteiger partial charge in [0.1, 0.15) is 5.75 Å². The Bertz CT molecular complexity index is 1070. The molecule has 2 heterocycles.